The van der Waals surface area contributed by atoms with Crippen LogP contribution in [0.1, 0.15) is 34.2 Å². The number of nitro benzene ring substituents is 1. The summed E-state index contributed by atoms with van der Waals surface area (Å²) in [6.45, 7) is 3.28. The molecule has 0 amide bonds. The van der Waals surface area contributed by atoms with Crippen molar-refractivity contribution >= 4 is 17.5 Å². The lowest BCUT2D eigenvalue weighted by Gasteiger charge is -2.02. The largest absolute Gasteiger partial charge is 0.507 e. The molecule has 0 aliphatic rings. The highest BCUT2D eigenvalue weighted by atomic mass is 16.6. The first kappa shape index (κ1) is 17.1. The number of aryl methyl sites for hydroxylation is 2. The molecule has 7 heteroatoms. The van der Waals surface area contributed by atoms with Gasteiger partial charge in [-0.2, -0.15) is 0 Å². The maximum Gasteiger partial charge on any atom is 0.351 e. The smallest absolute Gasteiger partial charge is 0.351 e. The molecule has 0 radical (unpaired) electrons. The molecular weight excluding hydrogens is 314 g/mol. The van der Waals surface area contributed by atoms with Crippen LogP contribution in [0.4, 0.5) is 5.69 Å². The molecule has 0 saturated heterocycles. The van der Waals surface area contributed by atoms with Crippen molar-refractivity contribution < 1.29 is 19.2 Å². The summed E-state index contributed by atoms with van der Waals surface area (Å²) in [5.74, 6) is -1.03. The molecule has 1 aromatic heterocycles. The van der Waals surface area contributed by atoms with Crippen molar-refractivity contribution in [3.05, 3.63) is 73.3 Å². The van der Waals surface area contributed by atoms with E-state index in [9.17, 15) is 24.8 Å². The molecule has 0 aliphatic carbocycles. The molecule has 1 N–H and O–H groups in total. The van der Waals surface area contributed by atoms with E-state index in [0.717, 1.165) is 6.08 Å². The van der Waals surface area contributed by atoms with Crippen LogP contribution < -0.4 is 5.63 Å². The molecule has 0 unspecified atom stereocenters. The zero-order valence-electron chi connectivity index (χ0n) is 13.1. The van der Waals surface area contributed by atoms with E-state index in [2.05, 4.69) is 0 Å². The average molecular weight is 329 g/mol. The molecule has 2 aromatic rings. The molecule has 1 aromatic carbocycles. The molecule has 0 atom stereocenters. The number of nitrogens with zero attached hydrogens (tertiary/aromatic N) is 1. The highest BCUT2D eigenvalue weighted by molar-refractivity contribution is 6.08. The van der Waals surface area contributed by atoms with Gasteiger partial charge in [0.25, 0.3) is 5.69 Å². The average Bonchev–Trinajstić information content (AvgIpc) is 2.51. The summed E-state index contributed by atoms with van der Waals surface area (Å²) in [4.78, 5) is 34.3. The summed E-state index contributed by atoms with van der Waals surface area (Å²) < 4.78 is 4.78. The zero-order valence-corrected chi connectivity index (χ0v) is 13.1. The lowest BCUT2D eigenvalue weighted by molar-refractivity contribution is -0.385. The molecule has 124 valence electrons. The van der Waals surface area contributed by atoms with Crippen molar-refractivity contribution in [1.82, 2.24) is 0 Å². The first-order valence-electron chi connectivity index (χ1n) is 7.17. The van der Waals surface area contributed by atoms with Crippen LogP contribution in [0.5, 0.6) is 5.75 Å². The maximum atomic E-state index is 12.1. The number of carbonyl (C=O) groups is 1. The Balaban J connectivity index is 2.35. The van der Waals surface area contributed by atoms with Gasteiger partial charge in [0, 0.05) is 17.7 Å². The minimum atomic E-state index is -0.936. The van der Waals surface area contributed by atoms with Crippen LogP contribution in [-0.2, 0) is 6.42 Å². The van der Waals surface area contributed by atoms with Gasteiger partial charge >= 0.3 is 5.63 Å². The first-order valence-corrected chi connectivity index (χ1v) is 7.17. The first-order chi connectivity index (χ1) is 11.3. The predicted octanol–water partition coefficient (Wildman–Crippen LogP) is 3.02. The number of hydrogen-bond donors (Lipinski definition) is 1. The standard InChI is InChI=1S/C17H15NO6/c1-3-12-6-4-11(9-13(12)18(22)23)5-7-14(19)16-15(20)8-10(2)24-17(16)21/h4-9,20H,3H2,1-2H3/b7-5+. The molecule has 1 heterocycles. The van der Waals surface area contributed by atoms with Crippen molar-refractivity contribution in [2.45, 2.75) is 20.3 Å². The van der Waals surface area contributed by atoms with Gasteiger partial charge in [-0.05, 0) is 25.0 Å². The third-order valence-corrected chi connectivity index (χ3v) is 3.41. The van der Waals surface area contributed by atoms with Crippen LogP contribution in [0.2, 0.25) is 0 Å². The molecule has 0 fully saturated rings. The van der Waals surface area contributed by atoms with Crippen LogP contribution in [0, 0.1) is 17.0 Å². The summed E-state index contributed by atoms with van der Waals surface area (Å²) in [7, 11) is 0. The Morgan fingerprint density at radius 2 is 2.08 bits per heavy atom. The van der Waals surface area contributed by atoms with Crippen LogP contribution >= 0.6 is 0 Å². The van der Waals surface area contributed by atoms with Gasteiger partial charge in [-0.1, -0.05) is 25.1 Å². The van der Waals surface area contributed by atoms with Crippen molar-refractivity contribution in [1.29, 1.82) is 0 Å². The highest BCUT2D eigenvalue weighted by Gasteiger charge is 2.16. The van der Waals surface area contributed by atoms with E-state index in [-0.39, 0.29) is 11.4 Å². The van der Waals surface area contributed by atoms with Gasteiger partial charge < -0.3 is 9.52 Å². The van der Waals surface area contributed by atoms with Crippen molar-refractivity contribution in [2.24, 2.45) is 0 Å². The summed E-state index contributed by atoms with van der Waals surface area (Å²) in [6, 6.07) is 5.76. The van der Waals surface area contributed by atoms with Crippen molar-refractivity contribution in [3.8, 4) is 5.75 Å². The number of allylic oxidation sites excluding steroid dienone is 1. The second-order valence-electron chi connectivity index (χ2n) is 5.10. The normalized spacial score (nSPS) is 10.9. The molecule has 0 spiro atoms. The maximum absolute atomic E-state index is 12.1. The van der Waals surface area contributed by atoms with Gasteiger partial charge in [0.1, 0.15) is 17.1 Å². The molecule has 0 bridgehead atoms. The quantitative estimate of drug-likeness (QED) is 0.391. The van der Waals surface area contributed by atoms with Crippen LogP contribution in [-0.4, -0.2) is 15.8 Å². The molecule has 0 aliphatic heterocycles. The van der Waals surface area contributed by atoms with Crippen molar-refractivity contribution in [2.75, 3.05) is 0 Å². The number of rotatable bonds is 5. The molecular formula is C17H15NO6. The Morgan fingerprint density at radius 1 is 1.38 bits per heavy atom. The molecule has 0 saturated carbocycles. The highest BCUT2D eigenvalue weighted by Crippen LogP contribution is 2.22. The van der Waals surface area contributed by atoms with Gasteiger partial charge in [-0.25, -0.2) is 4.79 Å². The number of nitro groups is 1. The van der Waals surface area contributed by atoms with Gasteiger partial charge in [0.2, 0.25) is 0 Å². The van der Waals surface area contributed by atoms with E-state index in [1.165, 1.54) is 25.1 Å². The van der Waals surface area contributed by atoms with E-state index < -0.39 is 27.6 Å². The lowest BCUT2D eigenvalue weighted by atomic mass is 10.1. The fraction of sp³-hybridized carbons (Fsp3) is 0.176. The monoisotopic (exact) mass is 329 g/mol. The number of aromatic hydroxyl groups is 1. The zero-order chi connectivity index (χ0) is 17.9. The Bertz CT molecular complexity index is 894. The van der Waals surface area contributed by atoms with E-state index in [1.807, 2.05) is 0 Å². The fourth-order valence-corrected chi connectivity index (χ4v) is 2.23. The van der Waals surface area contributed by atoms with E-state index >= 15 is 0 Å². The fourth-order valence-electron chi connectivity index (χ4n) is 2.23. The Morgan fingerprint density at radius 3 is 2.67 bits per heavy atom. The van der Waals surface area contributed by atoms with Gasteiger partial charge in [0.05, 0.1) is 4.92 Å². The number of ketones is 1. The SMILES string of the molecule is CCc1ccc(/C=C/C(=O)c2c(O)cc(C)oc2=O)cc1[N+](=O)[O-]. The van der Waals surface area contributed by atoms with Gasteiger partial charge in [0.15, 0.2) is 5.78 Å². The van der Waals surface area contributed by atoms with E-state index in [0.29, 0.717) is 17.5 Å². The van der Waals surface area contributed by atoms with Crippen LogP contribution in [0.25, 0.3) is 6.08 Å². The third kappa shape index (κ3) is 3.57. The predicted molar refractivity (Wildman–Crippen MR) is 87.2 cm³/mol. The van der Waals surface area contributed by atoms with Gasteiger partial charge in [-0.3, -0.25) is 14.9 Å². The Labute approximate surface area is 137 Å². The summed E-state index contributed by atoms with van der Waals surface area (Å²) in [5, 5.41) is 20.8. The second kappa shape index (κ2) is 6.91. The van der Waals surface area contributed by atoms with E-state index in [4.69, 9.17) is 4.42 Å². The minimum Gasteiger partial charge on any atom is -0.507 e. The van der Waals surface area contributed by atoms with Crippen LogP contribution in [0.3, 0.4) is 0 Å². The van der Waals surface area contributed by atoms with E-state index in [1.54, 1.807) is 19.1 Å². The lowest BCUT2D eigenvalue weighted by Crippen LogP contribution is -2.12. The van der Waals surface area contributed by atoms with Crippen LogP contribution in [0.15, 0.2) is 39.6 Å². The summed E-state index contributed by atoms with van der Waals surface area (Å²) in [6.07, 6.45) is 2.91. The topological polar surface area (TPSA) is 111 Å². The Hall–Kier alpha value is -3.22. The second-order valence-corrected chi connectivity index (χ2v) is 5.10. The summed E-state index contributed by atoms with van der Waals surface area (Å²) in [5.41, 5.74) is -0.431. The van der Waals surface area contributed by atoms with Gasteiger partial charge in [-0.15, -0.1) is 0 Å². The number of hydrogen-bond acceptors (Lipinski definition) is 6. The molecule has 2 rings (SSSR count). The Kier molecular flexibility index (Phi) is 4.93. The number of carbonyl (C=O) groups excluding carboxylic acids is 1. The minimum absolute atomic E-state index is 0.0372. The third-order valence-electron chi connectivity index (χ3n) is 3.41. The van der Waals surface area contributed by atoms with Crippen molar-refractivity contribution in [3.63, 3.8) is 0 Å². The number of benzene rings is 1. The molecule has 7 nitrogen and oxygen atoms in total. The summed E-state index contributed by atoms with van der Waals surface area (Å²) >= 11 is 0. The molecule has 24 heavy (non-hydrogen) atoms.